The fraction of sp³-hybridized carbons (Fsp3) is 0.650. The third kappa shape index (κ3) is 3.84. The van der Waals surface area contributed by atoms with E-state index in [1.807, 2.05) is 25.3 Å². The maximum absolute atomic E-state index is 12.2. The van der Waals surface area contributed by atoms with Crippen molar-refractivity contribution < 1.29 is 19.4 Å². The first-order valence-corrected chi connectivity index (χ1v) is 11.0. The molecular formula is C20H28N4O4S. The van der Waals surface area contributed by atoms with Gasteiger partial charge in [0.1, 0.15) is 24.9 Å². The van der Waals surface area contributed by atoms with Crippen LogP contribution in [0, 0.1) is 0 Å². The first kappa shape index (κ1) is 20.5. The molecule has 2 aromatic heterocycles. The molecule has 1 amide bonds. The van der Waals surface area contributed by atoms with Crippen LogP contribution in [0.3, 0.4) is 0 Å². The van der Waals surface area contributed by atoms with Gasteiger partial charge < -0.3 is 24.8 Å². The van der Waals surface area contributed by atoms with Gasteiger partial charge in [-0.05, 0) is 44.6 Å². The van der Waals surface area contributed by atoms with Gasteiger partial charge in [0.15, 0.2) is 0 Å². The van der Waals surface area contributed by atoms with Gasteiger partial charge in [-0.2, -0.15) is 0 Å². The van der Waals surface area contributed by atoms with Crippen LogP contribution in [0.5, 0.6) is 0 Å². The molecule has 2 saturated heterocycles. The molecular weight excluding hydrogens is 392 g/mol. The Morgan fingerprint density at radius 1 is 1.41 bits per heavy atom. The van der Waals surface area contributed by atoms with Gasteiger partial charge in [0.05, 0.1) is 21.4 Å². The summed E-state index contributed by atoms with van der Waals surface area (Å²) in [5.74, 6) is 0.738. The summed E-state index contributed by atoms with van der Waals surface area (Å²) in [4.78, 5) is 23.3. The molecule has 2 N–H and O–H groups in total. The number of aliphatic hydroxyl groups excluding tert-OH is 1. The van der Waals surface area contributed by atoms with Crippen molar-refractivity contribution in [2.75, 3.05) is 37.8 Å². The maximum Gasteiger partial charge on any atom is 0.246 e. The van der Waals surface area contributed by atoms with E-state index in [9.17, 15) is 9.90 Å². The number of carbonyl (C=O) groups excluding carboxylic acids is 1. The summed E-state index contributed by atoms with van der Waals surface area (Å²) < 4.78 is 12.4. The summed E-state index contributed by atoms with van der Waals surface area (Å²) in [6, 6.07) is 2.00. The number of aromatic nitrogens is 2. The zero-order valence-corrected chi connectivity index (χ0v) is 17.7. The number of piperidine rings is 1. The molecule has 0 aliphatic carbocycles. The molecule has 0 radical (unpaired) electrons. The number of thiophene rings is 1. The van der Waals surface area contributed by atoms with Crippen molar-refractivity contribution >= 4 is 33.3 Å². The van der Waals surface area contributed by atoms with E-state index in [0.29, 0.717) is 32.5 Å². The average molecular weight is 421 g/mol. The Bertz CT molecular complexity index is 867. The summed E-state index contributed by atoms with van der Waals surface area (Å²) in [5, 5.41) is 16.3. The van der Waals surface area contributed by atoms with Gasteiger partial charge in [-0.3, -0.25) is 4.79 Å². The van der Waals surface area contributed by atoms with Crippen LogP contribution in [-0.4, -0.2) is 71.1 Å². The van der Waals surface area contributed by atoms with Gasteiger partial charge in [-0.1, -0.05) is 0 Å². The zero-order valence-electron chi connectivity index (χ0n) is 16.9. The summed E-state index contributed by atoms with van der Waals surface area (Å²) in [7, 11) is 0. The number of amides is 1. The van der Waals surface area contributed by atoms with Crippen molar-refractivity contribution in [3.8, 4) is 0 Å². The first-order valence-electron chi connectivity index (χ1n) is 10.1. The van der Waals surface area contributed by atoms with Crippen LogP contribution in [0.15, 0.2) is 17.8 Å². The predicted octanol–water partition coefficient (Wildman–Crippen LogP) is 1.72. The number of hydrogen-bond donors (Lipinski definition) is 2. The molecule has 4 rings (SSSR count). The standard InChI is InChI=1S/C20H28N4O4S/c1-3-27-12-15(25)23-19(2)7-10-28-20(18(19)26)5-8-24(9-6-20)17-16-14(4-11-29-16)21-13-22-17/h4,11,13,18,26H,3,5-10,12H2,1-2H3,(H,23,25)/t18-,19+/m0/s1. The van der Waals surface area contributed by atoms with Gasteiger partial charge in [-0.25, -0.2) is 9.97 Å². The second kappa shape index (κ2) is 8.14. The number of anilines is 1. The summed E-state index contributed by atoms with van der Waals surface area (Å²) in [6.45, 7) is 6.20. The minimum atomic E-state index is -0.788. The van der Waals surface area contributed by atoms with Crippen LogP contribution < -0.4 is 10.2 Å². The van der Waals surface area contributed by atoms with E-state index in [1.165, 1.54) is 0 Å². The van der Waals surface area contributed by atoms with Crippen LogP contribution in [0.2, 0.25) is 0 Å². The third-order valence-corrected chi connectivity index (χ3v) is 7.01. The van der Waals surface area contributed by atoms with E-state index in [2.05, 4.69) is 20.2 Å². The van der Waals surface area contributed by atoms with Gasteiger partial charge in [0.2, 0.25) is 5.91 Å². The summed E-state index contributed by atoms with van der Waals surface area (Å²) >= 11 is 1.64. The number of carbonyl (C=O) groups is 1. The number of aliphatic hydroxyl groups is 1. The average Bonchev–Trinajstić information content (AvgIpc) is 3.20. The van der Waals surface area contributed by atoms with Crippen LogP contribution in [0.4, 0.5) is 5.82 Å². The molecule has 0 saturated carbocycles. The Morgan fingerprint density at radius 3 is 2.97 bits per heavy atom. The second-order valence-electron chi connectivity index (χ2n) is 7.99. The molecule has 2 atom stereocenters. The number of ether oxygens (including phenoxy) is 2. The van der Waals surface area contributed by atoms with Crippen LogP contribution in [-0.2, 0) is 14.3 Å². The first-order chi connectivity index (χ1) is 14.0. The lowest BCUT2D eigenvalue weighted by atomic mass is 9.73. The fourth-order valence-electron chi connectivity index (χ4n) is 4.46. The van der Waals surface area contributed by atoms with Gasteiger partial charge >= 0.3 is 0 Å². The lowest BCUT2D eigenvalue weighted by molar-refractivity contribution is -0.198. The molecule has 2 fully saturated rings. The molecule has 29 heavy (non-hydrogen) atoms. The molecule has 0 unspecified atom stereocenters. The Labute approximate surface area is 174 Å². The van der Waals surface area contributed by atoms with Crippen molar-refractivity contribution in [2.24, 2.45) is 0 Å². The highest BCUT2D eigenvalue weighted by molar-refractivity contribution is 7.17. The molecule has 2 aromatic rings. The molecule has 0 bridgehead atoms. The monoisotopic (exact) mass is 420 g/mol. The molecule has 2 aliphatic heterocycles. The minimum Gasteiger partial charge on any atom is -0.388 e. The van der Waals surface area contributed by atoms with Crippen molar-refractivity contribution in [1.82, 2.24) is 15.3 Å². The van der Waals surface area contributed by atoms with Gasteiger partial charge in [0, 0.05) is 26.3 Å². The van der Waals surface area contributed by atoms with Gasteiger partial charge in [0.25, 0.3) is 0 Å². The lowest BCUT2D eigenvalue weighted by Gasteiger charge is -2.53. The third-order valence-electron chi connectivity index (χ3n) is 6.11. The Balaban J connectivity index is 1.47. The Hall–Kier alpha value is -1.81. The van der Waals surface area contributed by atoms with E-state index >= 15 is 0 Å². The van der Waals surface area contributed by atoms with Crippen molar-refractivity contribution in [2.45, 2.75) is 50.4 Å². The highest BCUT2D eigenvalue weighted by atomic mass is 32.1. The Morgan fingerprint density at radius 2 is 2.21 bits per heavy atom. The summed E-state index contributed by atoms with van der Waals surface area (Å²) in [6.07, 6.45) is 2.72. The summed E-state index contributed by atoms with van der Waals surface area (Å²) in [5.41, 5.74) is -0.437. The number of hydrogen-bond acceptors (Lipinski definition) is 8. The smallest absolute Gasteiger partial charge is 0.246 e. The SMILES string of the molecule is CCOCC(=O)N[C@]1(C)CCOC2(CCN(c3ncnc4ccsc34)CC2)[C@H]1O. The molecule has 9 heteroatoms. The molecule has 8 nitrogen and oxygen atoms in total. The molecule has 2 aliphatic rings. The van der Waals surface area contributed by atoms with Crippen molar-refractivity contribution in [3.05, 3.63) is 17.8 Å². The van der Waals surface area contributed by atoms with Crippen LogP contribution >= 0.6 is 11.3 Å². The normalized spacial score (nSPS) is 26.7. The molecule has 4 heterocycles. The van der Waals surface area contributed by atoms with Crippen LogP contribution in [0.1, 0.15) is 33.1 Å². The number of nitrogens with zero attached hydrogens (tertiary/aromatic N) is 3. The Kier molecular flexibility index (Phi) is 5.74. The number of rotatable bonds is 5. The van der Waals surface area contributed by atoms with E-state index in [4.69, 9.17) is 9.47 Å². The quantitative estimate of drug-likeness (QED) is 0.760. The van der Waals surface area contributed by atoms with E-state index in [0.717, 1.165) is 29.1 Å². The van der Waals surface area contributed by atoms with Crippen LogP contribution in [0.25, 0.3) is 10.2 Å². The molecule has 0 aromatic carbocycles. The number of fused-ring (bicyclic) bond motifs is 1. The zero-order chi connectivity index (χ0) is 20.5. The highest BCUT2D eigenvalue weighted by Crippen LogP contribution is 2.41. The minimum absolute atomic E-state index is 0.00493. The topological polar surface area (TPSA) is 96.8 Å². The molecule has 1 spiro atoms. The second-order valence-corrected chi connectivity index (χ2v) is 8.90. The fourth-order valence-corrected chi connectivity index (χ4v) is 5.32. The van der Waals surface area contributed by atoms with E-state index in [-0.39, 0.29) is 12.5 Å². The number of nitrogens with one attached hydrogen (secondary N) is 1. The highest BCUT2D eigenvalue weighted by Gasteiger charge is 2.54. The van der Waals surface area contributed by atoms with Gasteiger partial charge in [-0.15, -0.1) is 11.3 Å². The van der Waals surface area contributed by atoms with E-state index in [1.54, 1.807) is 17.7 Å². The molecule has 158 valence electrons. The largest absolute Gasteiger partial charge is 0.388 e. The lowest BCUT2D eigenvalue weighted by Crippen LogP contribution is -2.69. The predicted molar refractivity (Wildman–Crippen MR) is 111 cm³/mol. The maximum atomic E-state index is 12.2. The van der Waals surface area contributed by atoms with E-state index < -0.39 is 17.2 Å². The van der Waals surface area contributed by atoms with Crippen molar-refractivity contribution in [1.29, 1.82) is 0 Å². The van der Waals surface area contributed by atoms with Crippen molar-refractivity contribution in [3.63, 3.8) is 0 Å².